The van der Waals surface area contributed by atoms with E-state index in [2.05, 4.69) is 4.98 Å². The number of halogens is 2. The van der Waals surface area contributed by atoms with Crippen LogP contribution in [0.3, 0.4) is 0 Å². The fourth-order valence-corrected chi connectivity index (χ4v) is 2.51. The van der Waals surface area contributed by atoms with E-state index in [0.717, 1.165) is 6.07 Å². The van der Waals surface area contributed by atoms with Crippen LogP contribution in [0.15, 0.2) is 30.3 Å². The summed E-state index contributed by atoms with van der Waals surface area (Å²) in [5.74, 6) is -1.54. The van der Waals surface area contributed by atoms with E-state index in [1.54, 1.807) is 40.7 Å². The molecule has 0 bridgehead atoms. The van der Waals surface area contributed by atoms with Crippen molar-refractivity contribution in [3.8, 4) is 11.3 Å². The quantitative estimate of drug-likeness (QED) is 0.812. The highest BCUT2D eigenvalue weighted by molar-refractivity contribution is 5.77. The molecule has 0 radical (unpaired) electrons. The van der Waals surface area contributed by atoms with Gasteiger partial charge in [-0.2, -0.15) is 0 Å². The molecule has 2 N–H and O–H groups in total. The number of hydrogen-bond acceptors (Lipinski definition) is 4. The lowest BCUT2D eigenvalue weighted by Gasteiger charge is -2.28. The number of rotatable bonds is 4. The van der Waals surface area contributed by atoms with Crippen molar-refractivity contribution in [2.45, 2.75) is 46.6 Å². The third kappa shape index (κ3) is 4.77. The van der Waals surface area contributed by atoms with Crippen LogP contribution in [-0.2, 0) is 16.0 Å². The number of aromatic nitrogens is 1. The predicted octanol–water partition coefficient (Wildman–Crippen LogP) is 4.52. The molecule has 0 aliphatic carbocycles. The topological polar surface area (TPSA) is 65.2 Å². The summed E-state index contributed by atoms with van der Waals surface area (Å²) in [7, 11) is 0. The molecule has 4 nitrogen and oxygen atoms in total. The average Bonchev–Trinajstić information content (AvgIpc) is 2.50. The van der Waals surface area contributed by atoms with Gasteiger partial charge in [0.15, 0.2) is 0 Å². The maximum Gasteiger partial charge on any atom is 0.312 e. The monoisotopic (exact) mass is 362 g/mol. The van der Waals surface area contributed by atoms with Gasteiger partial charge in [0.2, 0.25) is 0 Å². The summed E-state index contributed by atoms with van der Waals surface area (Å²) in [5.41, 5.74) is 4.68. The van der Waals surface area contributed by atoms with Crippen LogP contribution in [0.4, 0.5) is 14.6 Å². The minimum atomic E-state index is -0.829. The summed E-state index contributed by atoms with van der Waals surface area (Å²) in [6, 6.07) is 6.75. The maximum absolute atomic E-state index is 14.2. The summed E-state index contributed by atoms with van der Waals surface area (Å²) in [6.45, 7) is 8.90. The van der Waals surface area contributed by atoms with E-state index in [0.29, 0.717) is 12.0 Å². The first-order chi connectivity index (χ1) is 11.9. The Bertz CT molecular complexity index is 827. The van der Waals surface area contributed by atoms with Gasteiger partial charge in [-0.1, -0.05) is 6.07 Å². The molecule has 140 valence electrons. The third-order valence-electron chi connectivity index (χ3n) is 3.75. The number of hydrogen-bond donors (Lipinski definition) is 1. The lowest BCUT2D eigenvalue weighted by atomic mass is 9.85. The molecular formula is C20H24F2N2O2. The lowest BCUT2D eigenvalue weighted by Crippen LogP contribution is -2.35. The van der Waals surface area contributed by atoms with Crippen LogP contribution in [0.5, 0.6) is 0 Å². The molecule has 0 aliphatic rings. The second-order valence-electron chi connectivity index (χ2n) is 7.94. The number of nitrogens with zero attached hydrogens (tertiary/aromatic N) is 1. The van der Waals surface area contributed by atoms with Crippen molar-refractivity contribution in [3.05, 3.63) is 47.5 Å². The van der Waals surface area contributed by atoms with Crippen molar-refractivity contribution in [1.29, 1.82) is 0 Å². The van der Waals surface area contributed by atoms with Gasteiger partial charge in [0.05, 0.1) is 5.41 Å². The summed E-state index contributed by atoms with van der Waals surface area (Å²) in [5, 5.41) is 0. The Hall–Kier alpha value is -2.50. The number of nitrogen functional groups attached to an aromatic ring is 1. The molecule has 0 unspecified atom stereocenters. The Balaban J connectivity index is 2.35. The van der Waals surface area contributed by atoms with Crippen LogP contribution < -0.4 is 5.73 Å². The van der Waals surface area contributed by atoms with Gasteiger partial charge in [-0.15, -0.1) is 0 Å². The van der Waals surface area contributed by atoms with Crippen molar-refractivity contribution < 1.29 is 18.3 Å². The standard InChI is InChI=1S/C20H24F2N2O2/c1-19(2,3)26-18(25)20(4,5)11-12-6-7-14(21)13(10-12)17-15(22)8-9-16(23)24-17/h6-10H,11H2,1-5H3,(H2,23,24). The molecule has 0 spiro atoms. The van der Waals surface area contributed by atoms with E-state index in [-0.39, 0.29) is 23.0 Å². The van der Waals surface area contributed by atoms with Crippen LogP contribution in [0.2, 0.25) is 0 Å². The van der Waals surface area contributed by atoms with Crippen LogP contribution in [0.25, 0.3) is 11.3 Å². The summed E-state index contributed by atoms with van der Waals surface area (Å²) < 4.78 is 33.7. The summed E-state index contributed by atoms with van der Waals surface area (Å²) in [6.07, 6.45) is 0.305. The van der Waals surface area contributed by atoms with Crippen LogP contribution in [-0.4, -0.2) is 16.6 Å². The average molecular weight is 362 g/mol. The summed E-state index contributed by atoms with van der Waals surface area (Å²) in [4.78, 5) is 16.3. The minimum absolute atomic E-state index is 0.00675. The minimum Gasteiger partial charge on any atom is -0.460 e. The fourth-order valence-electron chi connectivity index (χ4n) is 2.51. The first-order valence-electron chi connectivity index (χ1n) is 8.33. The second kappa shape index (κ2) is 7.02. The normalized spacial score (nSPS) is 12.1. The number of anilines is 1. The lowest BCUT2D eigenvalue weighted by molar-refractivity contribution is -0.165. The van der Waals surface area contributed by atoms with Crippen molar-refractivity contribution in [2.24, 2.45) is 5.41 Å². The second-order valence-corrected chi connectivity index (χ2v) is 7.94. The van der Waals surface area contributed by atoms with Gasteiger partial charge >= 0.3 is 5.97 Å². The fraction of sp³-hybridized carbons (Fsp3) is 0.400. The molecule has 2 aromatic rings. The van der Waals surface area contributed by atoms with E-state index in [1.165, 1.54) is 18.2 Å². The number of esters is 1. The first-order valence-corrected chi connectivity index (χ1v) is 8.33. The van der Waals surface area contributed by atoms with Gasteiger partial charge < -0.3 is 10.5 Å². The van der Waals surface area contributed by atoms with Crippen molar-refractivity contribution in [3.63, 3.8) is 0 Å². The van der Waals surface area contributed by atoms with E-state index in [9.17, 15) is 13.6 Å². The molecule has 0 saturated heterocycles. The van der Waals surface area contributed by atoms with Crippen LogP contribution in [0.1, 0.15) is 40.2 Å². The molecule has 0 fully saturated rings. The molecule has 0 amide bonds. The van der Waals surface area contributed by atoms with E-state index in [1.807, 2.05) is 0 Å². The number of benzene rings is 1. The largest absolute Gasteiger partial charge is 0.460 e. The number of carbonyl (C=O) groups excluding carboxylic acids is 1. The molecule has 0 aliphatic heterocycles. The number of pyridine rings is 1. The zero-order valence-corrected chi connectivity index (χ0v) is 15.7. The number of nitrogens with two attached hydrogens (primary N) is 1. The SMILES string of the molecule is CC(C)(C)OC(=O)C(C)(C)Cc1ccc(F)c(-c2nc(N)ccc2F)c1. The molecule has 1 aromatic carbocycles. The third-order valence-corrected chi connectivity index (χ3v) is 3.75. The highest BCUT2D eigenvalue weighted by Crippen LogP contribution is 2.30. The van der Waals surface area contributed by atoms with Gasteiger partial charge in [0, 0.05) is 5.56 Å². The Kier molecular flexibility index (Phi) is 5.35. The highest BCUT2D eigenvalue weighted by Gasteiger charge is 2.33. The van der Waals surface area contributed by atoms with Gasteiger partial charge in [0.1, 0.15) is 28.7 Å². The molecule has 0 atom stereocenters. The van der Waals surface area contributed by atoms with E-state index in [4.69, 9.17) is 10.5 Å². The first kappa shape index (κ1) is 19.8. The number of ether oxygens (including phenoxy) is 1. The van der Waals surface area contributed by atoms with Crippen molar-refractivity contribution in [1.82, 2.24) is 4.98 Å². The molecule has 2 rings (SSSR count). The molecule has 0 saturated carbocycles. The molecular weight excluding hydrogens is 338 g/mol. The van der Waals surface area contributed by atoms with Gasteiger partial charge in [0.25, 0.3) is 0 Å². The zero-order chi connectivity index (χ0) is 19.7. The smallest absolute Gasteiger partial charge is 0.312 e. The van der Waals surface area contributed by atoms with Gasteiger partial charge in [-0.3, -0.25) is 4.79 Å². The Morgan fingerprint density at radius 2 is 1.69 bits per heavy atom. The van der Waals surface area contributed by atoms with Crippen molar-refractivity contribution >= 4 is 11.8 Å². The molecule has 1 aromatic heterocycles. The molecule has 26 heavy (non-hydrogen) atoms. The van der Waals surface area contributed by atoms with E-state index < -0.39 is 22.7 Å². The highest BCUT2D eigenvalue weighted by atomic mass is 19.1. The van der Waals surface area contributed by atoms with Crippen molar-refractivity contribution in [2.75, 3.05) is 5.73 Å². The summed E-state index contributed by atoms with van der Waals surface area (Å²) >= 11 is 0. The number of carbonyl (C=O) groups is 1. The predicted molar refractivity (Wildman–Crippen MR) is 97.3 cm³/mol. The Morgan fingerprint density at radius 3 is 2.31 bits per heavy atom. The Morgan fingerprint density at radius 1 is 1.08 bits per heavy atom. The van der Waals surface area contributed by atoms with Crippen LogP contribution >= 0.6 is 0 Å². The maximum atomic E-state index is 14.2. The molecule has 1 heterocycles. The van der Waals surface area contributed by atoms with E-state index >= 15 is 0 Å². The van der Waals surface area contributed by atoms with Gasteiger partial charge in [-0.05, 0) is 70.9 Å². The van der Waals surface area contributed by atoms with Crippen LogP contribution in [0, 0.1) is 17.0 Å². The molecule has 6 heteroatoms. The van der Waals surface area contributed by atoms with Gasteiger partial charge in [-0.25, -0.2) is 13.8 Å². The zero-order valence-electron chi connectivity index (χ0n) is 15.7. The Labute approximate surface area is 152 Å².